The van der Waals surface area contributed by atoms with E-state index in [1.807, 2.05) is 0 Å². The van der Waals surface area contributed by atoms with Crippen LogP contribution in [0, 0.1) is 5.92 Å². The highest BCUT2D eigenvalue weighted by Crippen LogP contribution is 2.29. The van der Waals surface area contributed by atoms with Gasteiger partial charge in [-0.3, -0.25) is 0 Å². The first kappa shape index (κ1) is 12.4. The summed E-state index contributed by atoms with van der Waals surface area (Å²) in [5, 5.41) is 0. The largest absolute Gasteiger partial charge is 0.493 e. The number of fused-ring (bicyclic) bond motifs is 1. The molecule has 0 bridgehead atoms. The summed E-state index contributed by atoms with van der Waals surface area (Å²) in [5.74, 6) is 1.75. The van der Waals surface area contributed by atoms with Crippen LogP contribution in [0.3, 0.4) is 0 Å². The summed E-state index contributed by atoms with van der Waals surface area (Å²) in [6, 6.07) is 6.59. The third-order valence-electron chi connectivity index (χ3n) is 3.58. The van der Waals surface area contributed by atoms with E-state index in [0.29, 0.717) is 5.92 Å². The molecule has 17 heavy (non-hydrogen) atoms. The van der Waals surface area contributed by atoms with Crippen LogP contribution in [-0.2, 0) is 6.42 Å². The molecule has 2 heteroatoms. The lowest BCUT2D eigenvalue weighted by Gasteiger charge is -2.17. The maximum atomic E-state index is 6.28. The van der Waals surface area contributed by atoms with Gasteiger partial charge in [0.1, 0.15) is 5.75 Å². The van der Waals surface area contributed by atoms with Crippen molar-refractivity contribution in [1.82, 2.24) is 0 Å². The van der Waals surface area contributed by atoms with E-state index < -0.39 is 0 Å². The molecule has 2 unspecified atom stereocenters. The van der Waals surface area contributed by atoms with E-state index in [9.17, 15) is 0 Å². The molecule has 0 aliphatic carbocycles. The van der Waals surface area contributed by atoms with Gasteiger partial charge in [0.25, 0.3) is 0 Å². The molecule has 94 valence electrons. The van der Waals surface area contributed by atoms with Crippen LogP contribution in [0.15, 0.2) is 18.2 Å². The normalized spacial score (nSPS) is 17.4. The van der Waals surface area contributed by atoms with Crippen LogP contribution >= 0.6 is 0 Å². The SMILES string of the molecule is CCCC(C)CC(N)c1ccc2c(c1)CCO2. The fraction of sp³-hybridized carbons (Fsp3) is 0.600. The number of ether oxygens (including phenoxy) is 1. The fourth-order valence-electron chi connectivity index (χ4n) is 2.62. The highest BCUT2D eigenvalue weighted by atomic mass is 16.5. The summed E-state index contributed by atoms with van der Waals surface area (Å²) in [6.07, 6.45) is 4.61. The first-order chi connectivity index (χ1) is 8.20. The minimum atomic E-state index is 0.169. The van der Waals surface area contributed by atoms with Gasteiger partial charge >= 0.3 is 0 Å². The zero-order chi connectivity index (χ0) is 12.3. The molecule has 1 aliphatic heterocycles. The molecule has 0 saturated heterocycles. The zero-order valence-corrected chi connectivity index (χ0v) is 10.9. The molecule has 2 rings (SSSR count). The Labute approximate surface area is 104 Å². The van der Waals surface area contributed by atoms with Crippen LogP contribution in [-0.4, -0.2) is 6.61 Å². The highest BCUT2D eigenvalue weighted by molar-refractivity contribution is 5.40. The van der Waals surface area contributed by atoms with Gasteiger partial charge in [-0.1, -0.05) is 38.8 Å². The van der Waals surface area contributed by atoms with E-state index >= 15 is 0 Å². The Morgan fingerprint density at radius 1 is 1.41 bits per heavy atom. The van der Waals surface area contributed by atoms with Gasteiger partial charge in [-0.2, -0.15) is 0 Å². The average Bonchev–Trinajstić information content (AvgIpc) is 2.75. The van der Waals surface area contributed by atoms with E-state index in [0.717, 1.165) is 25.2 Å². The molecule has 1 aromatic carbocycles. The molecule has 1 aliphatic rings. The summed E-state index contributed by atoms with van der Waals surface area (Å²) in [6.45, 7) is 5.34. The Kier molecular flexibility index (Phi) is 4.06. The second-order valence-electron chi connectivity index (χ2n) is 5.20. The summed E-state index contributed by atoms with van der Waals surface area (Å²) >= 11 is 0. The van der Waals surface area contributed by atoms with E-state index in [2.05, 4.69) is 32.0 Å². The molecular formula is C15H23NO. The van der Waals surface area contributed by atoms with Crippen molar-refractivity contribution in [2.45, 2.75) is 45.6 Å². The second-order valence-corrected chi connectivity index (χ2v) is 5.20. The molecule has 0 saturated carbocycles. The molecule has 0 spiro atoms. The average molecular weight is 233 g/mol. The van der Waals surface area contributed by atoms with Crippen LogP contribution in [0.25, 0.3) is 0 Å². The van der Waals surface area contributed by atoms with E-state index in [1.165, 1.54) is 24.0 Å². The second kappa shape index (κ2) is 5.54. The molecule has 0 radical (unpaired) electrons. The molecular weight excluding hydrogens is 210 g/mol. The molecule has 2 N–H and O–H groups in total. The summed E-state index contributed by atoms with van der Waals surface area (Å²) in [5.41, 5.74) is 8.86. The molecule has 1 aromatic rings. The number of hydrogen-bond acceptors (Lipinski definition) is 2. The number of rotatable bonds is 5. The molecule has 0 amide bonds. The molecule has 0 aromatic heterocycles. The van der Waals surface area contributed by atoms with Crippen molar-refractivity contribution in [2.75, 3.05) is 6.61 Å². The smallest absolute Gasteiger partial charge is 0.122 e. The lowest BCUT2D eigenvalue weighted by molar-refractivity contribution is 0.356. The van der Waals surface area contributed by atoms with Gasteiger partial charge in [-0.25, -0.2) is 0 Å². The topological polar surface area (TPSA) is 35.2 Å². The van der Waals surface area contributed by atoms with Gasteiger partial charge in [0.05, 0.1) is 6.61 Å². The monoisotopic (exact) mass is 233 g/mol. The van der Waals surface area contributed by atoms with Gasteiger partial charge in [-0.15, -0.1) is 0 Å². The maximum Gasteiger partial charge on any atom is 0.122 e. The van der Waals surface area contributed by atoms with Gasteiger partial charge in [0.15, 0.2) is 0 Å². The quantitative estimate of drug-likeness (QED) is 0.845. The third-order valence-corrected chi connectivity index (χ3v) is 3.58. The van der Waals surface area contributed by atoms with Gasteiger partial charge in [0, 0.05) is 12.5 Å². The minimum Gasteiger partial charge on any atom is -0.493 e. The van der Waals surface area contributed by atoms with Gasteiger partial charge in [-0.05, 0) is 29.5 Å². The van der Waals surface area contributed by atoms with Crippen LogP contribution < -0.4 is 10.5 Å². The van der Waals surface area contributed by atoms with Crippen LogP contribution in [0.5, 0.6) is 5.75 Å². The van der Waals surface area contributed by atoms with Crippen molar-refractivity contribution in [1.29, 1.82) is 0 Å². The Morgan fingerprint density at radius 2 is 2.24 bits per heavy atom. The standard InChI is InChI=1S/C15H23NO/c1-3-4-11(2)9-14(16)12-5-6-15-13(10-12)7-8-17-15/h5-6,10-11,14H,3-4,7-9,16H2,1-2H3. The highest BCUT2D eigenvalue weighted by Gasteiger charge is 2.16. The Morgan fingerprint density at radius 3 is 3.00 bits per heavy atom. The van der Waals surface area contributed by atoms with Crippen molar-refractivity contribution in [2.24, 2.45) is 11.7 Å². The predicted molar refractivity (Wildman–Crippen MR) is 71.3 cm³/mol. The first-order valence-electron chi connectivity index (χ1n) is 6.72. The lowest BCUT2D eigenvalue weighted by Crippen LogP contribution is -2.14. The Hall–Kier alpha value is -1.02. The van der Waals surface area contributed by atoms with Gasteiger partial charge in [0.2, 0.25) is 0 Å². The van der Waals surface area contributed by atoms with E-state index in [1.54, 1.807) is 0 Å². The number of nitrogens with two attached hydrogens (primary N) is 1. The zero-order valence-electron chi connectivity index (χ0n) is 10.9. The third kappa shape index (κ3) is 3.01. The number of hydrogen-bond donors (Lipinski definition) is 1. The van der Waals surface area contributed by atoms with Crippen molar-refractivity contribution < 1.29 is 4.74 Å². The molecule has 0 fully saturated rings. The molecule has 2 nitrogen and oxygen atoms in total. The van der Waals surface area contributed by atoms with Crippen LogP contribution in [0.1, 0.15) is 50.3 Å². The van der Waals surface area contributed by atoms with Crippen molar-refractivity contribution in [3.8, 4) is 5.75 Å². The summed E-state index contributed by atoms with van der Waals surface area (Å²) in [4.78, 5) is 0. The molecule has 1 heterocycles. The van der Waals surface area contributed by atoms with Crippen LogP contribution in [0.2, 0.25) is 0 Å². The van der Waals surface area contributed by atoms with E-state index in [4.69, 9.17) is 10.5 Å². The first-order valence-corrected chi connectivity index (χ1v) is 6.72. The minimum absolute atomic E-state index is 0.169. The summed E-state index contributed by atoms with van der Waals surface area (Å²) < 4.78 is 5.51. The van der Waals surface area contributed by atoms with E-state index in [-0.39, 0.29) is 6.04 Å². The maximum absolute atomic E-state index is 6.28. The van der Waals surface area contributed by atoms with Crippen molar-refractivity contribution >= 4 is 0 Å². The van der Waals surface area contributed by atoms with Gasteiger partial charge < -0.3 is 10.5 Å². The lowest BCUT2D eigenvalue weighted by atomic mass is 9.92. The molecule has 2 atom stereocenters. The number of benzene rings is 1. The predicted octanol–water partition coefficient (Wildman–Crippen LogP) is 3.45. The van der Waals surface area contributed by atoms with Crippen molar-refractivity contribution in [3.63, 3.8) is 0 Å². The summed E-state index contributed by atoms with van der Waals surface area (Å²) in [7, 11) is 0. The Bertz CT molecular complexity index is 375. The van der Waals surface area contributed by atoms with Crippen LogP contribution in [0.4, 0.5) is 0 Å². The van der Waals surface area contributed by atoms with Crippen molar-refractivity contribution in [3.05, 3.63) is 29.3 Å². The Balaban J connectivity index is 2.01. The fourth-order valence-corrected chi connectivity index (χ4v) is 2.62.